The molecule has 0 radical (unpaired) electrons. The Bertz CT molecular complexity index is 1020. The van der Waals surface area contributed by atoms with Gasteiger partial charge in [0.05, 0.1) is 35.0 Å². The number of hydrogen-bond donors (Lipinski definition) is 0. The molecule has 3 rings (SSSR count). The number of hydrogen-bond acceptors (Lipinski definition) is 7. The van der Waals surface area contributed by atoms with Crippen molar-refractivity contribution in [2.24, 2.45) is 0 Å². The summed E-state index contributed by atoms with van der Waals surface area (Å²) in [5, 5.41) is 0. The minimum atomic E-state index is -0.341. The van der Waals surface area contributed by atoms with Crippen LogP contribution in [0.4, 0.5) is 0 Å². The second-order valence-corrected chi connectivity index (χ2v) is 7.40. The third-order valence-corrected chi connectivity index (χ3v) is 5.60. The molecule has 0 spiro atoms. The second-order valence-electron chi connectivity index (χ2n) is 7.40. The Hall–Kier alpha value is -3.55. The van der Waals surface area contributed by atoms with E-state index in [1.807, 2.05) is 0 Å². The number of carbonyl (C=O) groups excluding carboxylic acids is 3. The molecule has 1 atom stereocenters. The van der Waals surface area contributed by atoms with Crippen LogP contribution in [0.2, 0.25) is 0 Å². The molecule has 8 nitrogen and oxygen atoms in total. The van der Waals surface area contributed by atoms with Crippen LogP contribution in [0.15, 0.2) is 36.4 Å². The second kappa shape index (κ2) is 10.2. The molecule has 1 amide bonds. The standard InChI is InChI=1S/C24H27NO7/c1-29-20-8-5-15(11-22(20)31-3)18(26)13-17-7-10-24(28)25(17)14-19(27)16-6-9-21(30-2)23(12-16)32-4/h5-6,8-9,11-12,17H,7,10,13-14H2,1-4H3/t17-/m0/s1. The lowest BCUT2D eigenvalue weighted by Crippen LogP contribution is -2.38. The van der Waals surface area contributed by atoms with Gasteiger partial charge in [-0.1, -0.05) is 0 Å². The molecule has 8 heteroatoms. The lowest BCUT2D eigenvalue weighted by molar-refractivity contribution is -0.128. The number of ketones is 2. The number of ether oxygens (including phenoxy) is 4. The molecule has 1 fully saturated rings. The summed E-state index contributed by atoms with van der Waals surface area (Å²) in [6.45, 7) is -0.0990. The highest BCUT2D eigenvalue weighted by Crippen LogP contribution is 2.31. The normalized spacial score (nSPS) is 15.4. The monoisotopic (exact) mass is 441 g/mol. The maximum Gasteiger partial charge on any atom is 0.223 e. The lowest BCUT2D eigenvalue weighted by Gasteiger charge is -2.24. The van der Waals surface area contributed by atoms with Crippen LogP contribution in [0.5, 0.6) is 23.0 Å². The molecule has 0 aromatic heterocycles. The van der Waals surface area contributed by atoms with Crippen molar-refractivity contribution >= 4 is 17.5 Å². The first kappa shape index (κ1) is 23.1. The largest absolute Gasteiger partial charge is 0.493 e. The van der Waals surface area contributed by atoms with Crippen molar-refractivity contribution < 1.29 is 33.3 Å². The van der Waals surface area contributed by atoms with Crippen LogP contribution < -0.4 is 18.9 Å². The van der Waals surface area contributed by atoms with E-state index in [4.69, 9.17) is 18.9 Å². The minimum Gasteiger partial charge on any atom is -0.493 e. The summed E-state index contributed by atoms with van der Waals surface area (Å²) in [4.78, 5) is 39.7. The number of carbonyl (C=O) groups is 3. The molecule has 1 aliphatic heterocycles. The van der Waals surface area contributed by atoms with Crippen LogP contribution in [0, 0.1) is 0 Å². The molecule has 1 aliphatic rings. The molecule has 0 bridgehead atoms. The predicted octanol–water partition coefficient (Wildman–Crippen LogP) is 3.17. The van der Waals surface area contributed by atoms with E-state index < -0.39 is 0 Å². The molecule has 32 heavy (non-hydrogen) atoms. The fraction of sp³-hybridized carbons (Fsp3) is 0.375. The van der Waals surface area contributed by atoms with Gasteiger partial charge in [0.15, 0.2) is 34.6 Å². The minimum absolute atomic E-state index is 0.0990. The molecule has 1 heterocycles. The van der Waals surface area contributed by atoms with Gasteiger partial charge in [-0.3, -0.25) is 14.4 Å². The number of Topliss-reactive ketones (excluding diaryl/α,β-unsaturated/α-hetero) is 2. The third kappa shape index (κ3) is 4.85. The maximum absolute atomic E-state index is 12.9. The molecule has 2 aromatic carbocycles. The zero-order valence-corrected chi connectivity index (χ0v) is 18.7. The first-order chi connectivity index (χ1) is 15.4. The van der Waals surface area contributed by atoms with Gasteiger partial charge in [-0.2, -0.15) is 0 Å². The van der Waals surface area contributed by atoms with Crippen LogP contribution >= 0.6 is 0 Å². The number of nitrogens with zero attached hydrogens (tertiary/aromatic N) is 1. The first-order valence-corrected chi connectivity index (χ1v) is 10.2. The van der Waals surface area contributed by atoms with E-state index in [9.17, 15) is 14.4 Å². The molecule has 2 aromatic rings. The molecular formula is C24H27NO7. The quantitative estimate of drug-likeness (QED) is 0.523. The van der Waals surface area contributed by atoms with Crippen LogP contribution in [0.1, 0.15) is 40.0 Å². The fourth-order valence-corrected chi connectivity index (χ4v) is 3.82. The highest BCUT2D eigenvalue weighted by molar-refractivity contribution is 6.01. The van der Waals surface area contributed by atoms with Gasteiger partial charge in [-0.25, -0.2) is 0 Å². The third-order valence-electron chi connectivity index (χ3n) is 5.60. The summed E-state index contributed by atoms with van der Waals surface area (Å²) in [6.07, 6.45) is 0.959. The Morgan fingerprint density at radius 1 is 0.812 bits per heavy atom. The van der Waals surface area contributed by atoms with Crippen molar-refractivity contribution in [2.75, 3.05) is 35.0 Å². The summed E-state index contributed by atoms with van der Waals surface area (Å²) in [7, 11) is 6.04. The van der Waals surface area contributed by atoms with Gasteiger partial charge in [0.1, 0.15) is 0 Å². The molecule has 0 N–H and O–H groups in total. The van der Waals surface area contributed by atoms with Gasteiger partial charge in [0.25, 0.3) is 0 Å². The van der Waals surface area contributed by atoms with Gasteiger partial charge in [0.2, 0.25) is 5.91 Å². The topological polar surface area (TPSA) is 91.4 Å². The summed E-state index contributed by atoms with van der Waals surface area (Å²) >= 11 is 0. The first-order valence-electron chi connectivity index (χ1n) is 10.2. The van der Waals surface area contributed by atoms with E-state index in [-0.39, 0.29) is 36.5 Å². The molecule has 1 saturated heterocycles. The number of amides is 1. The number of rotatable bonds is 10. The van der Waals surface area contributed by atoms with Gasteiger partial charge in [0, 0.05) is 30.0 Å². The Morgan fingerprint density at radius 2 is 1.31 bits per heavy atom. The van der Waals surface area contributed by atoms with E-state index in [2.05, 4.69) is 0 Å². The molecule has 170 valence electrons. The molecule has 0 unspecified atom stereocenters. The van der Waals surface area contributed by atoms with Gasteiger partial charge >= 0.3 is 0 Å². The highest BCUT2D eigenvalue weighted by atomic mass is 16.5. The Morgan fingerprint density at radius 3 is 1.81 bits per heavy atom. The SMILES string of the molecule is COc1ccc(C(=O)C[C@@H]2CCC(=O)N2CC(=O)c2ccc(OC)c(OC)c2)cc1OC. The van der Waals surface area contributed by atoms with Crippen molar-refractivity contribution in [3.63, 3.8) is 0 Å². The Labute approximate surface area is 187 Å². The number of benzene rings is 2. The average molecular weight is 441 g/mol. The summed E-state index contributed by atoms with van der Waals surface area (Å²) in [6, 6.07) is 9.49. The number of likely N-dealkylation sites (tertiary alicyclic amines) is 1. The van der Waals surface area contributed by atoms with Gasteiger partial charge in [-0.15, -0.1) is 0 Å². The van der Waals surface area contributed by atoms with Crippen LogP contribution in [0.3, 0.4) is 0 Å². The van der Waals surface area contributed by atoms with Crippen molar-refractivity contribution in [3.8, 4) is 23.0 Å². The van der Waals surface area contributed by atoms with E-state index in [0.29, 0.717) is 47.0 Å². The van der Waals surface area contributed by atoms with Crippen LogP contribution in [0.25, 0.3) is 0 Å². The lowest BCUT2D eigenvalue weighted by atomic mass is 10.0. The van der Waals surface area contributed by atoms with Crippen molar-refractivity contribution in [2.45, 2.75) is 25.3 Å². The van der Waals surface area contributed by atoms with Crippen LogP contribution in [-0.2, 0) is 4.79 Å². The molecule has 0 aliphatic carbocycles. The number of methoxy groups -OCH3 is 4. The average Bonchev–Trinajstić information content (AvgIpc) is 3.16. The highest BCUT2D eigenvalue weighted by Gasteiger charge is 2.34. The summed E-state index contributed by atoms with van der Waals surface area (Å²) in [5.41, 5.74) is 0.875. The van der Waals surface area contributed by atoms with Crippen molar-refractivity contribution in [1.82, 2.24) is 4.90 Å². The van der Waals surface area contributed by atoms with E-state index in [1.165, 1.54) is 33.3 Å². The zero-order chi connectivity index (χ0) is 23.3. The van der Waals surface area contributed by atoms with E-state index in [1.54, 1.807) is 36.4 Å². The molecule has 0 saturated carbocycles. The van der Waals surface area contributed by atoms with Crippen molar-refractivity contribution in [3.05, 3.63) is 47.5 Å². The summed E-state index contributed by atoms with van der Waals surface area (Å²) in [5.74, 6) is 1.44. The Kier molecular flexibility index (Phi) is 7.35. The maximum atomic E-state index is 12.9. The van der Waals surface area contributed by atoms with Gasteiger partial charge in [-0.05, 0) is 42.8 Å². The van der Waals surface area contributed by atoms with Crippen molar-refractivity contribution in [1.29, 1.82) is 0 Å². The predicted molar refractivity (Wildman–Crippen MR) is 117 cm³/mol. The smallest absolute Gasteiger partial charge is 0.223 e. The Balaban J connectivity index is 1.73. The zero-order valence-electron chi connectivity index (χ0n) is 18.7. The van der Waals surface area contributed by atoms with E-state index >= 15 is 0 Å². The van der Waals surface area contributed by atoms with Crippen LogP contribution in [-0.4, -0.2) is 63.4 Å². The van der Waals surface area contributed by atoms with Gasteiger partial charge < -0.3 is 23.8 Å². The fourth-order valence-electron chi connectivity index (χ4n) is 3.82. The molecular weight excluding hydrogens is 414 g/mol. The summed E-state index contributed by atoms with van der Waals surface area (Å²) < 4.78 is 20.9. The van der Waals surface area contributed by atoms with E-state index in [0.717, 1.165) is 0 Å².